The van der Waals surface area contributed by atoms with E-state index in [0.717, 1.165) is 37.9 Å². The Hall–Kier alpha value is -4.02. The van der Waals surface area contributed by atoms with Crippen molar-refractivity contribution in [1.82, 2.24) is 35.4 Å². The summed E-state index contributed by atoms with van der Waals surface area (Å²) in [6, 6.07) is -1.89. The normalized spacial score (nSPS) is 22.3. The number of aryl methyl sites for hydroxylation is 1. The van der Waals surface area contributed by atoms with Gasteiger partial charge in [0.2, 0.25) is 11.8 Å². The topological polar surface area (TPSA) is 182 Å². The van der Waals surface area contributed by atoms with Gasteiger partial charge in [0.25, 0.3) is 5.91 Å². The van der Waals surface area contributed by atoms with Crippen LogP contribution in [0.15, 0.2) is 17.8 Å². The number of fused-ring (bicyclic) bond motifs is 3. The van der Waals surface area contributed by atoms with Gasteiger partial charge in [-0.2, -0.15) is 0 Å². The molecule has 2 aromatic rings. The molecular formula is C38H55N7O8S. The maximum atomic E-state index is 14.3. The van der Waals surface area contributed by atoms with Crippen LogP contribution in [-0.4, -0.2) is 119 Å². The number of carbonyl (C=O) groups is 5. The summed E-state index contributed by atoms with van der Waals surface area (Å²) in [5.74, 6) is -1.37. The lowest BCUT2D eigenvalue weighted by atomic mass is 9.82. The minimum atomic E-state index is -0.849. The molecule has 6 atom stereocenters. The van der Waals surface area contributed by atoms with Gasteiger partial charge in [-0.05, 0) is 63.1 Å². The van der Waals surface area contributed by atoms with Crippen LogP contribution in [0.1, 0.15) is 92.8 Å². The molecule has 0 aliphatic carbocycles. The fourth-order valence-electron chi connectivity index (χ4n) is 7.66. The molecule has 2 N–H and O–H groups in total. The number of carbonyl (C=O) groups excluding carboxylic acids is 5. The highest BCUT2D eigenvalue weighted by molar-refractivity contribution is 7.09. The fraction of sp³-hybridized carbons (Fsp3) is 0.684. The number of hydrogen-bond acceptors (Lipinski definition) is 13. The summed E-state index contributed by atoms with van der Waals surface area (Å²) in [5, 5.41) is 8.09. The zero-order valence-electron chi connectivity index (χ0n) is 32.4. The highest BCUT2D eigenvalue weighted by Crippen LogP contribution is 2.33. The second-order valence-corrected chi connectivity index (χ2v) is 16.3. The first-order chi connectivity index (χ1) is 25.7. The first-order valence-electron chi connectivity index (χ1n) is 18.9. The largest absolute Gasteiger partial charge is 0.469 e. The van der Waals surface area contributed by atoms with Crippen LogP contribution in [0.2, 0.25) is 0 Å². The first kappa shape index (κ1) is 41.1. The van der Waals surface area contributed by atoms with Gasteiger partial charge in [0.05, 0.1) is 32.3 Å². The Labute approximate surface area is 321 Å². The van der Waals surface area contributed by atoms with Crippen LogP contribution in [-0.2, 0) is 39.8 Å². The molecule has 0 radical (unpaired) electrons. The van der Waals surface area contributed by atoms with Crippen molar-refractivity contribution in [3.05, 3.63) is 39.9 Å². The van der Waals surface area contributed by atoms with Gasteiger partial charge in [0.1, 0.15) is 22.6 Å². The number of hydrogen-bond donors (Lipinski definition) is 2. The molecule has 0 aromatic carbocycles. The Bertz CT molecular complexity index is 1630. The second-order valence-electron chi connectivity index (χ2n) is 15.4. The van der Waals surface area contributed by atoms with Gasteiger partial charge in [-0.3, -0.25) is 28.9 Å². The van der Waals surface area contributed by atoms with Crippen molar-refractivity contribution in [3.63, 3.8) is 0 Å². The summed E-state index contributed by atoms with van der Waals surface area (Å²) < 4.78 is 16.2. The fourth-order valence-corrected chi connectivity index (χ4v) is 8.50. The second kappa shape index (κ2) is 18.5. The minimum Gasteiger partial charge on any atom is -0.469 e. The lowest BCUT2D eigenvalue weighted by Gasteiger charge is -2.45. The number of methoxy groups -OCH3 is 1. The summed E-state index contributed by atoms with van der Waals surface area (Å²) in [4.78, 5) is 83.3. The van der Waals surface area contributed by atoms with E-state index < -0.39 is 48.0 Å². The van der Waals surface area contributed by atoms with Crippen molar-refractivity contribution in [2.24, 2.45) is 23.7 Å². The summed E-state index contributed by atoms with van der Waals surface area (Å²) >= 11 is 1.18. The number of aromatic nitrogens is 3. The Kier molecular flexibility index (Phi) is 14.1. The van der Waals surface area contributed by atoms with Crippen LogP contribution < -0.4 is 10.6 Å². The number of esters is 2. The number of thiazole rings is 1. The summed E-state index contributed by atoms with van der Waals surface area (Å²) in [6.07, 6.45) is 6.35. The van der Waals surface area contributed by atoms with E-state index in [1.165, 1.54) is 25.4 Å². The SMILES string of the molecule is COC(=O)[C@@H](C)C[C@H](Cc1ncc(C)cn1)NC(=O)c1csc([C@@H](C[C@H](C(C)C)N(C)C(=O)[C@@H](NC(=O)[C@H]2CC3CCN2CC3)C2COC2)OC(C)=O)n1. The molecule has 0 unspecified atom stereocenters. The number of nitrogens with one attached hydrogen (secondary N) is 2. The first-order valence-corrected chi connectivity index (χ1v) is 19.8. The molecule has 2 bridgehead atoms. The van der Waals surface area contributed by atoms with Crippen molar-refractivity contribution in [2.45, 2.75) is 103 Å². The van der Waals surface area contributed by atoms with E-state index in [1.54, 1.807) is 36.6 Å². The molecule has 4 aliphatic rings. The highest BCUT2D eigenvalue weighted by atomic mass is 32.1. The van der Waals surface area contributed by atoms with Gasteiger partial charge < -0.3 is 29.7 Å². The third-order valence-corrected chi connectivity index (χ3v) is 11.8. The van der Waals surface area contributed by atoms with Crippen LogP contribution in [0.5, 0.6) is 0 Å². The van der Waals surface area contributed by atoms with Gasteiger partial charge in [-0.1, -0.05) is 20.8 Å². The van der Waals surface area contributed by atoms with E-state index >= 15 is 0 Å². The van der Waals surface area contributed by atoms with Crippen LogP contribution in [0.4, 0.5) is 0 Å². The Morgan fingerprint density at radius 1 is 1.06 bits per heavy atom. The Balaban J connectivity index is 1.29. The van der Waals surface area contributed by atoms with E-state index in [9.17, 15) is 24.0 Å². The molecule has 15 nitrogen and oxygen atoms in total. The van der Waals surface area contributed by atoms with E-state index in [-0.39, 0.29) is 54.6 Å². The predicted octanol–water partition coefficient (Wildman–Crippen LogP) is 2.87. The third kappa shape index (κ3) is 10.4. The van der Waals surface area contributed by atoms with E-state index in [4.69, 9.17) is 14.2 Å². The number of ether oxygens (including phenoxy) is 3. The number of likely N-dealkylation sites (N-methyl/N-ethyl adjacent to an activating group) is 1. The van der Waals surface area contributed by atoms with Gasteiger partial charge >= 0.3 is 11.9 Å². The van der Waals surface area contributed by atoms with Crippen molar-refractivity contribution in [2.75, 3.05) is 40.5 Å². The lowest BCUT2D eigenvalue weighted by molar-refractivity contribution is -0.151. The van der Waals surface area contributed by atoms with Crippen molar-refractivity contribution < 1.29 is 38.2 Å². The maximum Gasteiger partial charge on any atom is 0.308 e. The number of nitrogens with zero attached hydrogens (tertiary/aromatic N) is 5. The van der Waals surface area contributed by atoms with E-state index in [1.807, 2.05) is 20.8 Å². The van der Waals surface area contributed by atoms with Gasteiger partial charge in [0.15, 0.2) is 6.10 Å². The minimum absolute atomic E-state index is 0.0597. The predicted molar refractivity (Wildman–Crippen MR) is 199 cm³/mol. The number of amides is 3. The van der Waals surface area contributed by atoms with E-state index in [0.29, 0.717) is 30.0 Å². The molecule has 296 valence electrons. The molecule has 3 amide bonds. The zero-order valence-corrected chi connectivity index (χ0v) is 33.2. The molecule has 54 heavy (non-hydrogen) atoms. The molecule has 4 aliphatic heterocycles. The average Bonchev–Trinajstić information content (AvgIpc) is 3.63. The zero-order chi connectivity index (χ0) is 39.1. The van der Waals surface area contributed by atoms with Crippen LogP contribution in [0.3, 0.4) is 0 Å². The summed E-state index contributed by atoms with van der Waals surface area (Å²) in [7, 11) is 3.04. The maximum absolute atomic E-state index is 14.3. The smallest absolute Gasteiger partial charge is 0.308 e. The number of rotatable bonds is 17. The third-order valence-electron chi connectivity index (χ3n) is 10.9. The Morgan fingerprint density at radius 2 is 1.74 bits per heavy atom. The van der Waals surface area contributed by atoms with Gasteiger partial charge in [0, 0.05) is 62.6 Å². The van der Waals surface area contributed by atoms with Crippen LogP contribution in [0.25, 0.3) is 0 Å². The Morgan fingerprint density at radius 3 is 2.30 bits per heavy atom. The van der Waals surface area contributed by atoms with Gasteiger partial charge in [-0.25, -0.2) is 15.0 Å². The highest BCUT2D eigenvalue weighted by Gasteiger charge is 2.43. The molecule has 0 spiro atoms. The van der Waals surface area contributed by atoms with Crippen molar-refractivity contribution in [3.8, 4) is 0 Å². The van der Waals surface area contributed by atoms with Crippen LogP contribution in [0, 0.1) is 30.6 Å². The molecule has 6 heterocycles. The van der Waals surface area contributed by atoms with Crippen molar-refractivity contribution >= 4 is 41.0 Å². The summed E-state index contributed by atoms with van der Waals surface area (Å²) in [6.45, 7) is 11.5. The quantitative estimate of drug-likeness (QED) is 0.225. The summed E-state index contributed by atoms with van der Waals surface area (Å²) in [5.41, 5.74) is 1.02. The molecule has 6 rings (SSSR count). The molecular weight excluding hydrogens is 715 g/mol. The number of piperidine rings is 3. The molecule has 4 saturated heterocycles. The lowest BCUT2D eigenvalue weighted by Crippen LogP contribution is -2.62. The molecule has 0 saturated carbocycles. The van der Waals surface area contributed by atoms with Crippen molar-refractivity contribution in [1.29, 1.82) is 0 Å². The monoisotopic (exact) mass is 769 g/mol. The standard InChI is InChI=1S/C38H55N7O8S/c1-21(2)29(44(6)37(49)33(26-18-52-19-26)43-35(48)30-13-25-8-10-45(30)11-9-25)15-31(53-24(5)46)36-42-28(20-54-36)34(47)41-27(12-23(4)38(50)51-7)14-32-39-16-22(3)17-40-32/h16-17,20-21,23,25-27,29-31,33H,8-15,18-19H2,1-7H3,(H,41,47)(H,43,48)/t23-,27+,29+,30+,31+,33-/m0/s1. The molecule has 2 aromatic heterocycles. The average molecular weight is 770 g/mol. The molecule has 16 heteroatoms. The van der Waals surface area contributed by atoms with E-state index in [2.05, 4.69) is 30.5 Å². The van der Waals surface area contributed by atoms with Gasteiger partial charge in [-0.15, -0.1) is 11.3 Å². The van der Waals surface area contributed by atoms with Crippen LogP contribution >= 0.6 is 11.3 Å². The molecule has 4 fully saturated rings.